The maximum atomic E-state index is 12.9. The molecule has 0 amide bonds. The Morgan fingerprint density at radius 2 is 0.787 bits per heavy atom. The van der Waals surface area contributed by atoms with Crippen molar-refractivity contribution < 1.29 is 47.2 Å². The summed E-state index contributed by atoms with van der Waals surface area (Å²) < 4.78 is 49.1. The number of esters is 1. The number of carboxylic acid groups (broad SMARTS) is 2. The van der Waals surface area contributed by atoms with Crippen LogP contribution in [-0.4, -0.2) is 86.6 Å². The standard InChI is InChI=1S/C20H19N3O3.C19H14F3N3O4.C19H17N3O3/c1-13-3-5-14(6-4-13)15-7-8-17-16(11-15)18(24)23(22-21-17)12-20(9-10-20)19(25)26-2;20-19(21,22)29-13-4-1-11(2-5-13)12-3-6-15-14(9-12)16(26)25(24-23-15)10-18(7-8-18)17(27)28;1-12-2-4-13(5-3-12)14-6-7-16-15(10-14)17(23)22(21-20-16)11-19(8-9-19)18(24)25/h3-8,11H,9-10,12H2,1-2H3;1-6,9H,7-8,10H2,(H,27,28);2-7,10H,8-9,11H2,1H3,(H,24,25). The van der Waals surface area contributed by atoms with Gasteiger partial charge in [0.2, 0.25) is 0 Å². The van der Waals surface area contributed by atoms with Crippen LogP contribution in [0.25, 0.3) is 66.1 Å². The Kier molecular flexibility index (Phi) is 14.2. The lowest BCUT2D eigenvalue weighted by Gasteiger charge is -2.13. The van der Waals surface area contributed by atoms with Gasteiger partial charge in [0.15, 0.2) is 0 Å². The molecular formula is C58H50F3N9O10. The number of carboxylic acids is 2. The van der Waals surface area contributed by atoms with Gasteiger partial charge < -0.3 is 19.7 Å². The summed E-state index contributed by atoms with van der Waals surface area (Å²) in [4.78, 5) is 73.1. The SMILES string of the molecule is COC(=O)C1(Cn2nnc3ccc(-c4ccc(C)cc4)cc3c2=O)CC1.Cc1ccc(-c2ccc3nnn(CC4(C(=O)O)CC4)c(=O)c3c2)cc1.O=C(O)C1(Cn2nnc3ccc(-c4ccc(OC(F)(F)F)cc4)cc3c2=O)CC1. The van der Waals surface area contributed by atoms with Gasteiger partial charge in [0.1, 0.15) is 22.3 Å². The number of alkyl halides is 3. The minimum atomic E-state index is -4.77. The molecule has 0 saturated heterocycles. The molecule has 12 rings (SSSR count). The molecule has 0 radical (unpaired) electrons. The van der Waals surface area contributed by atoms with E-state index in [1.165, 1.54) is 51.9 Å². The number of benzene rings is 6. The molecular weight excluding hydrogens is 1040 g/mol. The van der Waals surface area contributed by atoms with Crippen LogP contribution in [0, 0.1) is 30.1 Å². The highest BCUT2D eigenvalue weighted by Crippen LogP contribution is 2.49. The largest absolute Gasteiger partial charge is 0.573 e. The van der Waals surface area contributed by atoms with Gasteiger partial charge >= 0.3 is 24.3 Å². The van der Waals surface area contributed by atoms with Gasteiger partial charge in [0.05, 0.1) is 59.1 Å². The number of ether oxygens (including phenoxy) is 2. The number of nitrogens with zero attached hydrogens (tertiary/aromatic N) is 9. The predicted molar refractivity (Wildman–Crippen MR) is 286 cm³/mol. The Hall–Kier alpha value is -9.47. The van der Waals surface area contributed by atoms with Crippen LogP contribution in [0.5, 0.6) is 5.75 Å². The van der Waals surface area contributed by atoms with Crippen molar-refractivity contribution in [1.82, 2.24) is 45.0 Å². The first-order valence-corrected chi connectivity index (χ1v) is 25.4. The summed E-state index contributed by atoms with van der Waals surface area (Å²) in [5, 5.41) is 43.8. The van der Waals surface area contributed by atoms with Crippen molar-refractivity contribution in [2.24, 2.45) is 16.2 Å². The zero-order valence-corrected chi connectivity index (χ0v) is 43.3. The fourth-order valence-corrected chi connectivity index (χ4v) is 9.25. The Morgan fingerprint density at radius 1 is 0.487 bits per heavy atom. The van der Waals surface area contributed by atoms with Crippen molar-refractivity contribution in [3.8, 4) is 39.1 Å². The lowest BCUT2D eigenvalue weighted by molar-refractivity contribution is -0.274. The quantitative estimate of drug-likeness (QED) is 0.103. The van der Waals surface area contributed by atoms with Crippen LogP contribution >= 0.6 is 0 Å². The van der Waals surface area contributed by atoms with E-state index < -0.39 is 40.1 Å². The highest BCUT2D eigenvalue weighted by atomic mass is 19.4. The highest BCUT2D eigenvalue weighted by molar-refractivity contribution is 5.86. The fraction of sp³-hybridized carbons (Fsp3) is 0.276. The lowest BCUT2D eigenvalue weighted by atomic mass is 10.0. The van der Waals surface area contributed by atoms with Crippen molar-refractivity contribution in [1.29, 1.82) is 0 Å². The number of carbonyl (C=O) groups is 3. The van der Waals surface area contributed by atoms with Crippen molar-refractivity contribution in [3.63, 3.8) is 0 Å². The summed E-state index contributed by atoms with van der Waals surface area (Å²) in [5.41, 5.74) is 5.36. The zero-order valence-electron chi connectivity index (χ0n) is 43.3. The van der Waals surface area contributed by atoms with Gasteiger partial charge in [-0.05, 0) is 134 Å². The first-order valence-electron chi connectivity index (χ1n) is 25.4. The van der Waals surface area contributed by atoms with Gasteiger partial charge in [0, 0.05) is 0 Å². The number of aromatic nitrogens is 9. The number of hydrogen-bond donors (Lipinski definition) is 2. The molecule has 408 valence electrons. The van der Waals surface area contributed by atoms with E-state index in [4.69, 9.17) is 4.74 Å². The molecule has 3 fully saturated rings. The van der Waals surface area contributed by atoms with Crippen LogP contribution in [0.15, 0.2) is 142 Å². The third-order valence-electron chi connectivity index (χ3n) is 14.8. The number of hydrogen-bond acceptors (Lipinski definition) is 14. The Morgan fingerprint density at radius 3 is 1.07 bits per heavy atom. The van der Waals surface area contributed by atoms with Crippen molar-refractivity contribution in [2.75, 3.05) is 7.11 Å². The van der Waals surface area contributed by atoms with Gasteiger partial charge in [-0.2, -0.15) is 0 Å². The molecule has 19 nitrogen and oxygen atoms in total. The molecule has 9 aromatic rings. The van der Waals surface area contributed by atoms with E-state index in [1.54, 1.807) is 36.4 Å². The van der Waals surface area contributed by atoms with Crippen molar-refractivity contribution >= 4 is 50.6 Å². The summed E-state index contributed by atoms with van der Waals surface area (Å²) in [7, 11) is 1.37. The van der Waals surface area contributed by atoms with Crippen LogP contribution in [-0.2, 0) is 38.8 Å². The van der Waals surface area contributed by atoms with E-state index in [9.17, 15) is 52.2 Å². The second-order valence-electron chi connectivity index (χ2n) is 20.6. The van der Waals surface area contributed by atoms with Crippen molar-refractivity contribution in [3.05, 3.63) is 170 Å². The van der Waals surface area contributed by atoms with E-state index in [-0.39, 0.29) is 47.9 Å². The lowest BCUT2D eigenvalue weighted by Crippen LogP contribution is -2.32. The van der Waals surface area contributed by atoms with Gasteiger partial charge in [-0.15, -0.1) is 28.5 Å². The van der Waals surface area contributed by atoms with E-state index in [2.05, 4.69) is 35.7 Å². The smallest absolute Gasteiger partial charge is 0.481 e. The molecule has 3 aliphatic rings. The molecule has 22 heteroatoms. The second kappa shape index (κ2) is 21.1. The summed E-state index contributed by atoms with van der Waals surface area (Å²) in [6.45, 7) is 4.27. The number of aliphatic carboxylic acids is 2. The minimum absolute atomic E-state index is 0.0577. The topological polar surface area (TPSA) is 253 Å². The second-order valence-corrected chi connectivity index (χ2v) is 20.6. The highest BCUT2D eigenvalue weighted by Gasteiger charge is 2.53. The summed E-state index contributed by atoms with van der Waals surface area (Å²) in [6, 6.07) is 37.3. The number of fused-ring (bicyclic) bond motifs is 3. The number of methoxy groups -OCH3 is 1. The van der Waals surface area contributed by atoms with Crippen LogP contribution in [0.2, 0.25) is 0 Å². The summed E-state index contributed by atoms with van der Waals surface area (Å²) in [5.74, 6) is -2.49. The monoisotopic (exact) mass is 1090 g/mol. The summed E-state index contributed by atoms with van der Waals surface area (Å²) >= 11 is 0. The van der Waals surface area contributed by atoms with Gasteiger partial charge in [0.25, 0.3) is 16.7 Å². The first kappa shape index (κ1) is 53.9. The number of halogens is 3. The predicted octanol–water partition coefficient (Wildman–Crippen LogP) is 8.57. The van der Waals surface area contributed by atoms with Gasteiger partial charge in [-0.25, -0.2) is 14.0 Å². The molecule has 3 aromatic heterocycles. The minimum Gasteiger partial charge on any atom is -0.481 e. The Bertz CT molecular complexity index is 4080. The third-order valence-corrected chi connectivity index (χ3v) is 14.8. The van der Waals surface area contributed by atoms with Crippen LogP contribution in [0.4, 0.5) is 13.2 Å². The van der Waals surface area contributed by atoms with E-state index in [1.807, 2.05) is 80.6 Å². The van der Waals surface area contributed by atoms with Gasteiger partial charge in [-0.1, -0.05) is 106 Å². The van der Waals surface area contributed by atoms with Crippen LogP contribution in [0.1, 0.15) is 49.7 Å². The van der Waals surface area contributed by atoms with Crippen LogP contribution in [0.3, 0.4) is 0 Å². The molecule has 0 bridgehead atoms. The molecule has 0 atom stereocenters. The molecule has 3 saturated carbocycles. The fourth-order valence-electron chi connectivity index (χ4n) is 9.25. The number of aryl methyl sites for hydroxylation is 2. The Labute approximate surface area is 451 Å². The maximum absolute atomic E-state index is 12.9. The third kappa shape index (κ3) is 11.4. The molecule has 0 aliphatic heterocycles. The molecule has 3 aliphatic carbocycles. The first-order chi connectivity index (χ1) is 38.2. The van der Waals surface area contributed by atoms with Crippen LogP contribution < -0.4 is 21.4 Å². The molecule has 3 heterocycles. The molecule has 0 unspecified atom stereocenters. The van der Waals surface area contributed by atoms with Gasteiger partial charge in [-0.3, -0.25) is 28.8 Å². The molecule has 6 aromatic carbocycles. The average molecular weight is 1090 g/mol. The molecule has 80 heavy (non-hydrogen) atoms. The number of carbonyl (C=O) groups excluding carboxylic acids is 1. The zero-order chi connectivity index (χ0) is 56.7. The van der Waals surface area contributed by atoms with Crippen molar-refractivity contribution in [2.45, 2.75) is 78.4 Å². The van der Waals surface area contributed by atoms with E-state index in [0.717, 1.165) is 26.9 Å². The molecule has 2 N–H and O–H groups in total. The maximum Gasteiger partial charge on any atom is 0.573 e. The van der Waals surface area contributed by atoms with E-state index >= 15 is 0 Å². The normalized spacial score (nSPS) is 15.2. The van der Waals surface area contributed by atoms with E-state index in [0.29, 0.717) is 77.0 Å². The number of rotatable bonds is 13. The molecule has 0 spiro atoms. The summed E-state index contributed by atoms with van der Waals surface area (Å²) in [6.07, 6.45) is -1.29. The average Bonchev–Trinajstić information content (AvgIpc) is 4.48. The Balaban J connectivity index is 0.000000135.